The molecule has 2 aromatic heterocycles. The molecular weight excluding hydrogens is 380 g/mol. The van der Waals surface area contributed by atoms with Crippen molar-refractivity contribution in [2.75, 3.05) is 13.7 Å². The first-order chi connectivity index (χ1) is 14.7. The second kappa shape index (κ2) is 9.07. The van der Waals surface area contributed by atoms with Gasteiger partial charge in [0.05, 0.1) is 7.11 Å². The Labute approximate surface area is 175 Å². The predicted molar refractivity (Wildman–Crippen MR) is 115 cm³/mol. The summed E-state index contributed by atoms with van der Waals surface area (Å²) >= 11 is 0. The third-order valence-corrected chi connectivity index (χ3v) is 5.66. The van der Waals surface area contributed by atoms with Gasteiger partial charge in [0.1, 0.15) is 11.3 Å². The van der Waals surface area contributed by atoms with Crippen LogP contribution in [-0.4, -0.2) is 34.1 Å². The number of hydrogen-bond acceptors (Lipinski definition) is 5. The average Bonchev–Trinajstić information content (AvgIpc) is 2.79. The van der Waals surface area contributed by atoms with Gasteiger partial charge in [-0.15, -0.1) is 0 Å². The first kappa shape index (κ1) is 20.1. The number of carbonyl (C=O) groups is 1. The minimum absolute atomic E-state index is 0.0594. The molecule has 2 heterocycles. The molecule has 7 nitrogen and oxygen atoms in total. The number of fused-ring (bicyclic) bond motifs is 1. The van der Waals surface area contributed by atoms with Crippen LogP contribution in [0.25, 0.3) is 11.2 Å². The number of rotatable bonds is 6. The van der Waals surface area contributed by atoms with Gasteiger partial charge in [0.25, 0.3) is 11.5 Å². The lowest BCUT2D eigenvalue weighted by Gasteiger charge is -2.25. The number of methoxy groups -OCH3 is 1. The number of carbonyl (C=O) groups excluding carboxylic acids is 1. The molecule has 0 saturated heterocycles. The monoisotopic (exact) mass is 406 g/mol. The van der Waals surface area contributed by atoms with Crippen LogP contribution >= 0.6 is 0 Å². The summed E-state index contributed by atoms with van der Waals surface area (Å²) in [5.74, 6) is 0.351. The number of pyridine rings is 1. The van der Waals surface area contributed by atoms with Crippen LogP contribution in [0.2, 0.25) is 0 Å². The Morgan fingerprint density at radius 1 is 1.17 bits per heavy atom. The third-order valence-electron chi connectivity index (χ3n) is 5.66. The standard InChI is InChI=1S/C23H26N4O3/c1-30-18-11-9-16(10-12-18)13-15-25-22(28)20-23(29)27(17-6-3-2-4-7-17)21-19(26-20)8-5-14-24-21/h5,8-12,14,17H,2-4,6-7,13,15H2,1H3,(H,25,28). The highest BCUT2D eigenvalue weighted by atomic mass is 16.5. The van der Waals surface area contributed by atoms with Crippen LogP contribution in [0.3, 0.4) is 0 Å². The number of aromatic nitrogens is 3. The summed E-state index contributed by atoms with van der Waals surface area (Å²) in [6.07, 6.45) is 7.51. The highest BCUT2D eigenvalue weighted by molar-refractivity contribution is 5.93. The van der Waals surface area contributed by atoms with E-state index < -0.39 is 5.91 Å². The molecule has 1 aliphatic rings. The quantitative estimate of drug-likeness (QED) is 0.679. The Hall–Kier alpha value is -3.22. The van der Waals surface area contributed by atoms with Gasteiger partial charge < -0.3 is 10.1 Å². The second-order valence-corrected chi connectivity index (χ2v) is 7.63. The van der Waals surface area contributed by atoms with Gasteiger partial charge in [0.2, 0.25) is 0 Å². The van der Waals surface area contributed by atoms with Crippen molar-refractivity contribution in [3.05, 3.63) is 64.2 Å². The fourth-order valence-corrected chi connectivity index (χ4v) is 4.06. The van der Waals surface area contributed by atoms with Crippen molar-refractivity contribution >= 4 is 17.1 Å². The number of hydrogen-bond donors (Lipinski definition) is 1. The van der Waals surface area contributed by atoms with Gasteiger partial charge in [0.15, 0.2) is 11.3 Å². The fourth-order valence-electron chi connectivity index (χ4n) is 4.06. The molecular formula is C23H26N4O3. The summed E-state index contributed by atoms with van der Waals surface area (Å²) in [7, 11) is 1.63. The summed E-state index contributed by atoms with van der Waals surface area (Å²) in [6, 6.07) is 11.3. The van der Waals surface area contributed by atoms with Crippen LogP contribution in [-0.2, 0) is 6.42 Å². The van der Waals surface area contributed by atoms with Crippen molar-refractivity contribution in [3.63, 3.8) is 0 Å². The lowest BCUT2D eigenvalue weighted by molar-refractivity contribution is 0.0947. The molecule has 0 spiro atoms. The van der Waals surface area contributed by atoms with Crippen LogP contribution in [0, 0.1) is 0 Å². The molecule has 0 aliphatic heterocycles. The minimum Gasteiger partial charge on any atom is -0.497 e. The normalized spacial score (nSPS) is 14.6. The Kier molecular flexibility index (Phi) is 6.07. The maximum absolute atomic E-state index is 13.2. The van der Waals surface area contributed by atoms with Crippen LogP contribution in [0.1, 0.15) is 54.2 Å². The lowest BCUT2D eigenvalue weighted by Crippen LogP contribution is -2.37. The molecule has 1 amide bonds. The highest BCUT2D eigenvalue weighted by Crippen LogP contribution is 2.28. The molecule has 0 radical (unpaired) electrons. The molecule has 0 bridgehead atoms. The number of nitrogens with one attached hydrogen (secondary N) is 1. The van der Waals surface area contributed by atoms with E-state index in [-0.39, 0.29) is 17.3 Å². The first-order valence-electron chi connectivity index (χ1n) is 10.5. The molecule has 7 heteroatoms. The summed E-state index contributed by atoms with van der Waals surface area (Å²) in [5, 5.41) is 2.85. The summed E-state index contributed by atoms with van der Waals surface area (Å²) in [5.41, 5.74) is 1.80. The number of amides is 1. The zero-order chi connectivity index (χ0) is 20.9. The molecule has 156 valence electrons. The average molecular weight is 406 g/mol. The molecule has 1 N–H and O–H groups in total. The fraction of sp³-hybridized carbons (Fsp3) is 0.391. The SMILES string of the molecule is COc1ccc(CCNC(=O)c2nc3cccnc3n(C3CCCCC3)c2=O)cc1. The smallest absolute Gasteiger partial charge is 0.284 e. The van der Waals surface area contributed by atoms with Gasteiger partial charge in [0, 0.05) is 18.8 Å². The van der Waals surface area contributed by atoms with E-state index in [9.17, 15) is 9.59 Å². The third kappa shape index (κ3) is 4.20. The molecule has 0 unspecified atom stereocenters. The van der Waals surface area contributed by atoms with Gasteiger partial charge in [-0.25, -0.2) is 9.97 Å². The first-order valence-corrected chi connectivity index (χ1v) is 10.5. The molecule has 0 atom stereocenters. The zero-order valence-electron chi connectivity index (χ0n) is 17.1. The van der Waals surface area contributed by atoms with E-state index >= 15 is 0 Å². The van der Waals surface area contributed by atoms with Crippen molar-refractivity contribution in [2.45, 2.75) is 44.6 Å². The van der Waals surface area contributed by atoms with E-state index in [1.165, 1.54) is 6.42 Å². The predicted octanol–water partition coefficient (Wildman–Crippen LogP) is 3.28. The second-order valence-electron chi connectivity index (χ2n) is 7.63. The molecule has 1 aliphatic carbocycles. The number of benzene rings is 1. The maximum Gasteiger partial charge on any atom is 0.284 e. The van der Waals surface area contributed by atoms with Crippen LogP contribution in [0.5, 0.6) is 5.75 Å². The largest absolute Gasteiger partial charge is 0.497 e. The van der Waals surface area contributed by atoms with Crippen molar-refractivity contribution in [1.29, 1.82) is 0 Å². The highest BCUT2D eigenvalue weighted by Gasteiger charge is 2.24. The van der Waals surface area contributed by atoms with E-state index in [4.69, 9.17) is 4.74 Å². The maximum atomic E-state index is 13.2. The minimum atomic E-state index is -0.441. The lowest BCUT2D eigenvalue weighted by atomic mass is 9.95. The summed E-state index contributed by atoms with van der Waals surface area (Å²) in [4.78, 5) is 34.8. The molecule has 1 aromatic carbocycles. The molecule has 4 rings (SSSR count). The molecule has 30 heavy (non-hydrogen) atoms. The van der Waals surface area contributed by atoms with Crippen LogP contribution in [0.4, 0.5) is 0 Å². The number of ether oxygens (including phenoxy) is 1. The Balaban J connectivity index is 1.55. The number of nitrogens with zero attached hydrogens (tertiary/aromatic N) is 3. The van der Waals surface area contributed by atoms with Crippen LogP contribution < -0.4 is 15.6 Å². The van der Waals surface area contributed by atoms with E-state index in [2.05, 4.69) is 15.3 Å². The van der Waals surface area contributed by atoms with E-state index in [0.717, 1.165) is 37.0 Å². The Morgan fingerprint density at radius 2 is 1.93 bits per heavy atom. The molecule has 3 aromatic rings. The van der Waals surface area contributed by atoms with Crippen molar-refractivity contribution in [2.24, 2.45) is 0 Å². The van der Waals surface area contributed by atoms with Crippen molar-refractivity contribution < 1.29 is 9.53 Å². The van der Waals surface area contributed by atoms with Gasteiger partial charge in [-0.3, -0.25) is 14.2 Å². The summed E-state index contributed by atoms with van der Waals surface area (Å²) in [6.45, 7) is 0.417. The van der Waals surface area contributed by atoms with Crippen molar-refractivity contribution in [1.82, 2.24) is 19.9 Å². The topological polar surface area (TPSA) is 86.1 Å². The van der Waals surface area contributed by atoms with Crippen molar-refractivity contribution in [3.8, 4) is 5.75 Å². The Bertz CT molecular complexity index is 1090. The van der Waals surface area contributed by atoms with E-state index in [0.29, 0.717) is 24.1 Å². The molecule has 1 saturated carbocycles. The van der Waals surface area contributed by atoms with E-state index in [1.54, 1.807) is 30.0 Å². The van der Waals surface area contributed by atoms with E-state index in [1.807, 2.05) is 24.3 Å². The van der Waals surface area contributed by atoms with Crippen LogP contribution in [0.15, 0.2) is 47.4 Å². The van der Waals surface area contributed by atoms with Gasteiger partial charge >= 0.3 is 0 Å². The van der Waals surface area contributed by atoms with Gasteiger partial charge in [-0.1, -0.05) is 31.4 Å². The van der Waals surface area contributed by atoms with Gasteiger partial charge in [-0.05, 0) is 49.1 Å². The molecule has 1 fully saturated rings. The Morgan fingerprint density at radius 3 is 2.67 bits per heavy atom. The zero-order valence-corrected chi connectivity index (χ0v) is 17.1. The van der Waals surface area contributed by atoms with Gasteiger partial charge in [-0.2, -0.15) is 0 Å². The summed E-state index contributed by atoms with van der Waals surface area (Å²) < 4.78 is 6.85.